The molecule has 0 N–H and O–H groups in total. The number of hydrogen-bond donors (Lipinski definition) is 0. The topological polar surface area (TPSA) is 15.5 Å². The summed E-state index contributed by atoms with van der Waals surface area (Å²) in [7, 11) is 2.60. The number of nitrogens with zero attached hydrogens (tertiary/aromatic N) is 2. The van der Waals surface area contributed by atoms with Crippen LogP contribution >= 0.6 is 0 Å². The minimum Gasteiger partial charge on any atom is -0.416 e. The van der Waals surface area contributed by atoms with Gasteiger partial charge in [0.15, 0.2) is 14.5 Å². The van der Waals surface area contributed by atoms with Crippen LogP contribution in [0.15, 0.2) is 12.4 Å². The molecule has 0 amide bonds. The minimum absolute atomic E-state index is 0.803. The monoisotopic (exact) mass is 215 g/mol. The van der Waals surface area contributed by atoms with Gasteiger partial charge in [-0.3, -0.25) is 0 Å². The molecule has 0 rings (SSSR count). The van der Waals surface area contributed by atoms with Gasteiger partial charge in [-0.2, -0.15) is 0 Å². The summed E-state index contributed by atoms with van der Waals surface area (Å²) >= 11 is 0. The second-order valence-corrected chi connectivity index (χ2v) is 9.01. The fourth-order valence-electron chi connectivity index (χ4n) is 0.798. The summed E-state index contributed by atoms with van der Waals surface area (Å²) in [6.07, 6.45) is 3.93. The summed E-state index contributed by atoms with van der Waals surface area (Å²) in [5.41, 5.74) is 0. The molecule has 0 radical (unpaired) electrons. The van der Waals surface area contributed by atoms with E-state index in [1.54, 1.807) is 4.58 Å². The molecule has 3 nitrogen and oxygen atoms in total. The van der Waals surface area contributed by atoms with E-state index >= 15 is 0 Å². The van der Waals surface area contributed by atoms with E-state index < -0.39 is 8.32 Å². The zero-order valence-corrected chi connectivity index (χ0v) is 11.1. The lowest BCUT2D eigenvalue weighted by atomic mass is 10.6. The quantitative estimate of drug-likeness (QED) is 0.380. The van der Waals surface area contributed by atoms with Crippen LogP contribution in [0, 0.1) is 0 Å². The molecule has 0 atom stereocenters. The Labute approximate surface area is 88.8 Å². The third-order valence-electron chi connectivity index (χ3n) is 1.55. The summed E-state index contributed by atoms with van der Waals surface area (Å²) in [4.78, 5) is 2.10. The summed E-state index contributed by atoms with van der Waals surface area (Å²) in [6, 6.07) is 0. The molecule has 0 aromatic rings. The Morgan fingerprint density at radius 3 is 2.43 bits per heavy atom. The van der Waals surface area contributed by atoms with E-state index in [0.717, 1.165) is 13.2 Å². The van der Waals surface area contributed by atoms with Gasteiger partial charge in [0, 0.05) is 13.6 Å². The van der Waals surface area contributed by atoms with Gasteiger partial charge in [-0.1, -0.05) is 0 Å². The van der Waals surface area contributed by atoms with Crippen LogP contribution in [0.4, 0.5) is 0 Å². The SMILES string of the molecule is C=[N+](C)C=CN(C)CCO[Si](C)(C)C. The fourth-order valence-corrected chi connectivity index (χ4v) is 1.50. The molecular weight excluding hydrogens is 192 g/mol. The fraction of sp³-hybridized carbons (Fsp3) is 0.700. The van der Waals surface area contributed by atoms with Gasteiger partial charge in [-0.25, -0.2) is 4.58 Å². The molecule has 0 heterocycles. The van der Waals surface area contributed by atoms with Crippen molar-refractivity contribution in [1.29, 1.82) is 0 Å². The summed E-state index contributed by atoms with van der Waals surface area (Å²) in [5, 5.41) is 0. The molecule has 0 saturated carbocycles. The van der Waals surface area contributed by atoms with Crippen LogP contribution in [0.2, 0.25) is 19.6 Å². The lowest BCUT2D eigenvalue weighted by molar-refractivity contribution is -0.412. The number of likely N-dealkylation sites (N-methyl/N-ethyl adjacent to an activating group) is 1. The van der Waals surface area contributed by atoms with Crippen LogP contribution in [0.25, 0.3) is 0 Å². The zero-order chi connectivity index (χ0) is 11.2. The Morgan fingerprint density at radius 2 is 2.00 bits per heavy atom. The van der Waals surface area contributed by atoms with Gasteiger partial charge in [-0.05, 0) is 19.6 Å². The maximum atomic E-state index is 5.74. The summed E-state index contributed by atoms with van der Waals surface area (Å²) in [6.45, 7) is 12.1. The van der Waals surface area contributed by atoms with Gasteiger partial charge in [0.25, 0.3) is 0 Å². The molecule has 0 aliphatic heterocycles. The average Bonchev–Trinajstić information content (AvgIpc) is 1.98. The summed E-state index contributed by atoms with van der Waals surface area (Å²) < 4.78 is 7.51. The van der Waals surface area contributed by atoms with Crippen molar-refractivity contribution < 1.29 is 9.00 Å². The second kappa shape index (κ2) is 5.98. The van der Waals surface area contributed by atoms with Crippen LogP contribution in [0.3, 0.4) is 0 Å². The highest BCUT2D eigenvalue weighted by Gasteiger charge is 2.13. The molecule has 0 saturated heterocycles. The predicted octanol–water partition coefficient (Wildman–Crippen LogP) is 1.58. The average molecular weight is 215 g/mol. The van der Waals surface area contributed by atoms with E-state index in [0.29, 0.717) is 0 Å². The molecule has 0 aliphatic rings. The Kier molecular flexibility index (Phi) is 5.72. The lowest BCUT2D eigenvalue weighted by Crippen LogP contribution is -2.29. The third kappa shape index (κ3) is 9.47. The normalized spacial score (nSPS) is 12.1. The molecule has 82 valence electrons. The van der Waals surface area contributed by atoms with E-state index in [9.17, 15) is 0 Å². The molecule has 0 fully saturated rings. The molecule has 0 spiro atoms. The lowest BCUT2D eigenvalue weighted by Gasteiger charge is -2.19. The maximum absolute atomic E-state index is 5.74. The van der Waals surface area contributed by atoms with Crippen LogP contribution in [-0.4, -0.2) is 51.8 Å². The van der Waals surface area contributed by atoms with E-state index in [4.69, 9.17) is 4.43 Å². The van der Waals surface area contributed by atoms with E-state index in [-0.39, 0.29) is 0 Å². The van der Waals surface area contributed by atoms with Crippen molar-refractivity contribution in [2.24, 2.45) is 0 Å². The maximum Gasteiger partial charge on any atom is 0.183 e. The largest absolute Gasteiger partial charge is 0.416 e. The van der Waals surface area contributed by atoms with Gasteiger partial charge in [0.2, 0.25) is 0 Å². The highest BCUT2D eigenvalue weighted by molar-refractivity contribution is 6.69. The van der Waals surface area contributed by atoms with Gasteiger partial charge in [-0.15, -0.1) is 0 Å². The van der Waals surface area contributed by atoms with Crippen molar-refractivity contribution >= 4 is 15.0 Å². The number of rotatable bonds is 6. The predicted molar refractivity (Wildman–Crippen MR) is 64.4 cm³/mol. The van der Waals surface area contributed by atoms with Crippen LogP contribution < -0.4 is 0 Å². The van der Waals surface area contributed by atoms with Gasteiger partial charge < -0.3 is 9.33 Å². The van der Waals surface area contributed by atoms with Crippen LogP contribution in [0.1, 0.15) is 0 Å². The van der Waals surface area contributed by atoms with E-state index in [2.05, 4.69) is 31.3 Å². The zero-order valence-electron chi connectivity index (χ0n) is 10.1. The Hall–Kier alpha value is -0.613. The van der Waals surface area contributed by atoms with Crippen molar-refractivity contribution in [3.8, 4) is 0 Å². The first kappa shape index (κ1) is 13.4. The van der Waals surface area contributed by atoms with Crippen molar-refractivity contribution in [1.82, 2.24) is 4.90 Å². The van der Waals surface area contributed by atoms with E-state index in [1.807, 2.05) is 26.5 Å². The Balaban J connectivity index is 3.65. The van der Waals surface area contributed by atoms with E-state index in [1.165, 1.54) is 0 Å². The van der Waals surface area contributed by atoms with Gasteiger partial charge in [0.1, 0.15) is 13.8 Å². The molecule has 0 aliphatic carbocycles. The minimum atomic E-state index is -1.34. The van der Waals surface area contributed by atoms with Gasteiger partial charge in [0.05, 0.1) is 12.8 Å². The molecule has 0 unspecified atom stereocenters. The molecule has 4 heteroatoms. The van der Waals surface area contributed by atoms with Crippen molar-refractivity contribution in [2.45, 2.75) is 19.6 Å². The first-order chi connectivity index (χ1) is 6.31. The second-order valence-electron chi connectivity index (χ2n) is 4.50. The molecule has 0 aromatic heterocycles. The Morgan fingerprint density at radius 1 is 1.43 bits per heavy atom. The van der Waals surface area contributed by atoms with Crippen molar-refractivity contribution in [3.05, 3.63) is 12.4 Å². The van der Waals surface area contributed by atoms with Crippen molar-refractivity contribution in [2.75, 3.05) is 27.2 Å². The van der Waals surface area contributed by atoms with Gasteiger partial charge >= 0.3 is 0 Å². The number of hydrogen-bond acceptors (Lipinski definition) is 2. The standard InChI is InChI=1S/C10H23N2OSi/c1-11(2)7-8-12(3)9-10-13-14(4,5)6/h7-8H,1,9-10H2,2-6H3/q+1. The van der Waals surface area contributed by atoms with Crippen molar-refractivity contribution in [3.63, 3.8) is 0 Å². The van der Waals surface area contributed by atoms with Crippen LogP contribution in [0.5, 0.6) is 0 Å². The first-order valence-electron chi connectivity index (χ1n) is 4.87. The molecule has 0 bridgehead atoms. The smallest absolute Gasteiger partial charge is 0.183 e. The third-order valence-corrected chi connectivity index (χ3v) is 2.62. The molecule has 0 aromatic carbocycles. The summed E-state index contributed by atoms with van der Waals surface area (Å²) in [5.74, 6) is 0. The highest BCUT2D eigenvalue weighted by Crippen LogP contribution is 2.01. The first-order valence-corrected chi connectivity index (χ1v) is 8.28. The molecular formula is C10H23N2OSi+. The molecule has 14 heavy (non-hydrogen) atoms. The van der Waals surface area contributed by atoms with Crippen LogP contribution in [-0.2, 0) is 4.43 Å². The Bertz CT molecular complexity index is 209. The highest BCUT2D eigenvalue weighted by atomic mass is 28.4.